The van der Waals surface area contributed by atoms with Crippen LogP contribution in [0.3, 0.4) is 0 Å². The molecule has 0 spiro atoms. The van der Waals surface area contributed by atoms with Crippen molar-refractivity contribution in [1.82, 2.24) is 0 Å². The maximum Gasteiger partial charge on any atom is 0.0714 e. The van der Waals surface area contributed by atoms with Crippen molar-refractivity contribution in [2.24, 2.45) is 0 Å². The fourth-order valence-electron chi connectivity index (χ4n) is 0.851. The Kier molecular flexibility index (Phi) is 7.31. The lowest BCUT2D eigenvalue weighted by molar-refractivity contribution is 1.28. The van der Waals surface area contributed by atoms with Crippen LogP contribution >= 0.6 is 0 Å². The Morgan fingerprint density at radius 2 is 1.91 bits per heavy atom. The summed E-state index contributed by atoms with van der Waals surface area (Å²) >= 11 is 0. The zero-order valence-corrected chi connectivity index (χ0v) is 10.6. The number of rotatable bonds is 6. The molecule has 61 valence electrons. The Morgan fingerprint density at radius 1 is 1.27 bits per heavy atom. The first-order chi connectivity index (χ1) is 5.20. The standard InChI is InChI=1S/C8H17Si3/c1-4-10(2)7-8-11(3)6-5-9/h4H,1,5-8H2,2-3H3. The Bertz CT molecular complexity index is 104. The molecule has 0 amide bonds. The maximum atomic E-state index is 3.83. The summed E-state index contributed by atoms with van der Waals surface area (Å²) in [5.41, 5.74) is 2.16. The molecular weight excluding hydrogens is 180 g/mol. The molecule has 0 aliphatic carbocycles. The van der Waals surface area contributed by atoms with Crippen molar-refractivity contribution in [2.75, 3.05) is 0 Å². The zero-order valence-electron chi connectivity index (χ0n) is 7.61. The molecule has 0 aromatic heterocycles. The van der Waals surface area contributed by atoms with Crippen LogP contribution in [0.15, 0.2) is 12.3 Å². The minimum Gasteiger partial charge on any atom is -0.107 e. The van der Waals surface area contributed by atoms with Crippen LogP contribution in [0, 0.1) is 0 Å². The third-order valence-corrected chi connectivity index (χ3v) is 7.04. The molecule has 5 radical (unpaired) electrons. The van der Waals surface area contributed by atoms with Crippen LogP contribution < -0.4 is 0 Å². The molecule has 0 saturated heterocycles. The zero-order chi connectivity index (χ0) is 8.69. The average Bonchev–Trinajstić information content (AvgIpc) is 2.01. The third kappa shape index (κ3) is 6.78. The van der Waals surface area contributed by atoms with Gasteiger partial charge in [-0.3, -0.25) is 0 Å². The molecule has 0 aliphatic rings. The Balaban J connectivity index is 3.29. The van der Waals surface area contributed by atoms with E-state index in [0.29, 0.717) is 0 Å². The first kappa shape index (κ1) is 11.4. The largest absolute Gasteiger partial charge is 0.107 e. The first-order valence-corrected chi connectivity index (χ1v) is 9.52. The Labute approximate surface area is 77.7 Å². The summed E-state index contributed by atoms with van der Waals surface area (Å²) in [5, 5.41) is 0. The molecule has 11 heavy (non-hydrogen) atoms. The van der Waals surface area contributed by atoms with E-state index >= 15 is 0 Å². The topological polar surface area (TPSA) is 0 Å². The molecule has 3 heteroatoms. The van der Waals surface area contributed by atoms with E-state index in [4.69, 9.17) is 0 Å². The van der Waals surface area contributed by atoms with E-state index < -0.39 is 0 Å². The van der Waals surface area contributed by atoms with E-state index in [-0.39, 0.29) is 17.6 Å². The molecule has 0 unspecified atom stereocenters. The minimum absolute atomic E-state index is 0.0165. The molecule has 0 rings (SSSR count). The molecular formula is C8H17Si3. The summed E-state index contributed by atoms with van der Waals surface area (Å²) in [7, 11) is 3.35. The van der Waals surface area contributed by atoms with Gasteiger partial charge in [0.05, 0.1) is 8.80 Å². The van der Waals surface area contributed by atoms with Crippen LogP contribution in [-0.4, -0.2) is 27.8 Å². The van der Waals surface area contributed by atoms with Gasteiger partial charge in [-0.15, -0.1) is 12.3 Å². The van der Waals surface area contributed by atoms with Gasteiger partial charge in [0.1, 0.15) is 0 Å². The van der Waals surface area contributed by atoms with Crippen LogP contribution in [0.2, 0.25) is 37.3 Å². The smallest absolute Gasteiger partial charge is 0.0714 e. The summed E-state index contributed by atoms with van der Waals surface area (Å²) in [6, 6.07) is 5.51. The van der Waals surface area contributed by atoms with Crippen molar-refractivity contribution < 1.29 is 0 Å². The predicted molar refractivity (Wildman–Crippen MR) is 58.4 cm³/mol. The van der Waals surface area contributed by atoms with Gasteiger partial charge in [-0.1, -0.05) is 37.3 Å². The fourth-order valence-corrected chi connectivity index (χ4v) is 6.30. The van der Waals surface area contributed by atoms with Gasteiger partial charge in [-0.05, 0) is 0 Å². The number of hydrogen-bond acceptors (Lipinski definition) is 0. The van der Waals surface area contributed by atoms with Crippen molar-refractivity contribution in [1.29, 1.82) is 0 Å². The van der Waals surface area contributed by atoms with Crippen molar-refractivity contribution in [2.45, 2.75) is 37.3 Å². The molecule has 0 N–H and O–H groups in total. The highest BCUT2D eigenvalue weighted by molar-refractivity contribution is 6.66. The molecule has 0 fully saturated rings. The lowest BCUT2D eigenvalue weighted by Gasteiger charge is -2.08. The second-order valence-electron chi connectivity index (χ2n) is 3.01. The van der Waals surface area contributed by atoms with Gasteiger partial charge in [0.15, 0.2) is 0 Å². The molecule has 0 aliphatic heterocycles. The molecule has 0 aromatic carbocycles. The van der Waals surface area contributed by atoms with Crippen LogP contribution in [0.5, 0.6) is 0 Å². The van der Waals surface area contributed by atoms with Crippen molar-refractivity contribution >= 4 is 27.8 Å². The second-order valence-corrected chi connectivity index (χ2v) is 9.02. The lowest BCUT2D eigenvalue weighted by Crippen LogP contribution is -2.10. The fraction of sp³-hybridized carbons (Fsp3) is 0.750. The highest BCUT2D eigenvalue weighted by atomic mass is 28.3. The van der Waals surface area contributed by atoms with Gasteiger partial charge >= 0.3 is 0 Å². The van der Waals surface area contributed by atoms with E-state index in [1.54, 1.807) is 0 Å². The van der Waals surface area contributed by atoms with E-state index in [0.717, 1.165) is 0 Å². The molecule has 0 bridgehead atoms. The molecule has 0 heterocycles. The molecule has 0 saturated carbocycles. The van der Waals surface area contributed by atoms with E-state index in [9.17, 15) is 0 Å². The predicted octanol–water partition coefficient (Wildman–Crippen LogP) is 2.55. The maximum absolute atomic E-state index is 3.83. The molecule has 0 aromatic rings. The summed E-state index contributed by atoms with van der Waals surface area (Å²) < 4.78 is 0. The summed E-state index contributed by atoms with van der Waals surface area (Å²) in [4.78, 5) is 0. The van der Waals surface area contributed by atoms with Gasteiger partial charge in [0.2, 0.25) is 0 Å². The van der Waals surface area contributed by atoms with Gasteiger partial charge in [0, 0.05) is 19.0 Å². The van der Waals surface area contributed by atoms with Crippen LogP contribution in [-0.2, 0) is 0 Å². The van der Waals surface area contributed by atoms with Crippen LogP contribution in [0.4, 0.5) is 0 Å². The summed E-state index contributed by atoms with van der Waals surface area (Å²) in [6.07, 6.45) is 0. The Hall–Kier alpha value is 0.391. The van der Waals surface area contributed by atoms with Gasteiger partial charge < -0.3 is 0 Å². The van der Waals surface area contributed by atoms with Crippen molar-refractivity contribution in [3.8, 4) is 0 Å². The van der Waals surface area contributed by atoms with E-state index in [1.807, 2.05) is 0 Å². The number of hydrogen-bond donors (Lipinski definition) is 0. The van der Waals surface area contributed by atoms with Crippen LogP contribution in [0.25, 0.3) is 0 Å². The van der Waals surface area contributed by atoms with E-state index in [1.165, 1.54) is 24.2 Å². The normalized spacial score (nSPS) is 11.0. The third-order valence-electron chi connectivity index (χ3n) is 1.85. The first-order valence-electron chi connectivity index (χ1n) is 4.11. The van der Waals surface area contributed by atoms with Crippen LogP contribution in [0.1, 0.15) is 0 Å². The Morgan fingerprint density at radius 3 is 2.36 bits per heavy atom. The monoisotopic (exact) mass is 197 g/mol. The SMILES string of the molecule is C=C[Si](C)CC[Si](C)CC[Si]. The minimum atomic E-state index is -0.169. The average molecular weight is 197 g/mol. The molecule has 0 nitrogen and oxygen atoms in total. The highest BCUT2D eigenvalue weighted by Crippen LogP contribution is 2.08. The lowest BCUT2D eigenvalue weighted by atomic mass is 10.9. The van der Waals surface area contributed by atoms with Gasteiger partial charge in [-0.2, -0.15) is 0 Å². The quantitative estimate of drug-likeness (QED) is 0.574. The summed E-state index contributed by atoms with van der Waals surface area (Å²) in [6.45, 7) is 8.61. The van der Waals surface area contributed by atoms with E-state index in [2.05, 4.69) is 35.6 Å². The summed E-state index contributed by atoms with van der Waals surface area (Å²) in [5.74, 6) is 0. The van der Waals surface area contributed by atoms with Crippen molar-refractivity contribution in [3.05, 3.63) is 12.3 Å². The second kappa shape index (κ2) is 7.06. The van der Waals surface area contributed by atoms with Gasteiger partial charge in [0.25, 0.3) is 0 Å². The molecule has 0 atom stereocenters. The van der Waals surface area contributed by atoms with Crippen molar-refractivity contribution in [3.63, 3.8) is 0 Å². The van der Waals surface area contributed by atoms with Gasteiger partial charge in [-0.25, -0.2) is 0 Å². The highest BCUT2D eigenvalue weighted by Gasteiger charge is 2.05.